The highest BCUT2D eigenvalue weighted by molar-refractivity contribution is 6.35. The van der Waals surface area contributed by atoms with Crippen LogP contribution in [0.4, 0.5) is 0 Å². The van der Waals surface area contributed by atoms with Crippen molar-refractivity contribution in [1.29, 1.82) is 0 Å². The van der Waals surface area contributed by atoms with Crippen molar-refractivity contribution in [2.75, 3.05) is 0 Å². The highest BCUT2D eigenvalue weighted by Crippen LogP contribution is 2.33. The molecule has 0 spiro atoms. The highest BCUT2D eigenvalue weighted by atomic mass is 35.5. The van der Waals surface area contributed by atoms with Gasteiger partial charge in [0.1, 0.15) is 0 Å². The zero-order valence-corrected chi connectivity index (χ0v) is 21.9. The van der Waals surface area contributed by atoms with E-state index in [0.29, 0.717) is 37.8 Å². The first-order valence-electron chi connectivity index (χ1n) is 11.1. The molecule has 0 aliphatic heterocycles. The molecule has 0 aliphatic carbocycles. The number of halogens is 3. The fourth-order valence-electron chi connectivity index (χ4n) is 4.02. The van der Waals surface area contributed by atoms with Crippen LogP contribution in [0.2, 0.25) is 15.1 Å². The summed E-state index contributed by atoms with van der Waals surface area (Å²) in [6.07, 6.45) is 5.38. The Morgan fingerprint density at radius 2 is 1.75 bits per heavy atom. The SMILES string of the molecule is Cc1c(C(=O)NC(C)(C)c2cn3cccnc3n2)nn(-c2ccc(Cl)cc2Cl)c1-c1ccc(Cl)cc1. The fourth-order valence-corrected chi connectivity index (χ4v) is 4.64. The van der Waals surface area contributed by atoms with E-state index in [1.807, 2.05) is 55.8 Å². The molecule has 2 aromatic carbocycles. The van der Waals surface area contributed by atoms with Crippen molar-refractivity contribution in [3.05, 3.63) is 99.1 Å². The molecule has 5 rings (SSSR count). The zero-order chi connectivity index (χ0) is 25.6. The van der Waals surface area contributed by atoms with Gasteiger partial charge in [-0.25, -0.2) is 14.6 Å². The van der Waals surface area contributed by atoms with Crippen LogP contribution in [0, 0.1) is 6.92 Å². The highest BCUT2D eigenvalue weighted by Gasteiger charge is 2.30. The van der Waals surface area contributed by atoms with Crippen molar-refractivity contribution in [2.24, 2.45) is 0 Å². The summed E-state index contributed by atoms with van der Waals surface area (Å²) in [5.41, 5.74) is 2.98. The quantitative estimate of drug-likeness (QED) is 0.276. The van der Waals surface area contributed by atoms with E-state index in [-0.39, 0.29) is 11.6 Å². The van der Waals surface area contributed by atoms with Crippen molar-refractivity contribution >= 4 is 46.5 Å². The van der Waals surface area contributed by atoms with Gasteiger partial charge in [0, 0.05) is 39.8 Å². The van der Waals surface area contributed by atoms with Gasteiger partial charge in [-0.05, 0) is 57.2 Å². The van der Waals surface area contributed by atoms with Gasteiger partial charge in [0.05, 0.1) is 27.6 Å². The Morgan fingerprint density at radius 3 is 2.44 bits per heavy atom. The van der Waals surface area contributed by atoms with Gasteiger partial charge in [0.25, 0.3) is 5.91 Å². The molecule has 5 aromatic rings. The summed E-state index contributed by atoms with van der Waals surface area (Å²) in [6.45, 7) is 5.62. The number of hydrogen-bond acceptors (Lipinski definition) is 4. The van der Waals surface area contributed by atoms with Crippen LogP contribution in [-0.2, 0) is 5.54 Å². The molecule has 0 unspecified atom stereocenters. The summed E-state index contributed by atoms with van der Waals surface area (Å²) in [5, 5.41) is 9.28. The maximum atomic E-state index is 13.6. The predicted molar refractivity (Wildman–Crippen MR) is 142 cm³/mol. The summed E-state index contributed by atoms with van der Waals surface area (Å²) in [5.74, 6) is 0.208. The second kappa shape index (κ2) is 9.24. The number of aromatic nitrogens is 5. The lowest BCUT2D eigenvalue weighted by Gasteiger charge is -2.23. The van der Waals surface area contributed by atoms with Crippen LogP contribution in [-0.4, -0.2) is 30.1 Å². The molecule has 1 N–H and O–H groups in total. The van der Waals surface area contributed by atoms with Crippen LogP contribution < -0.4 is 5.32 Å². The molecule has 0 saturated heterocycles. The number of fused-ring (bicyclic) bond motifs is 1. The van der Waals surface area contributed by atoms with E-state index in [1.54, 1.807) is 41.2 Å². The smallest absolute Gasteiger partial charge is 0.272 e. The predicted octanol–water partition coefficient (Wildman–Crippen LogP) is 6.52. The minimum atomic E-state index is -0.792. The van der Waals surface area contributed by atoms with Gasteiger partial charge >= 0.3 is 0 Å². The first-order chi connectivity index (χ1) is 17.1. The summed E-state index contributed by atoms with van der Waals surface area (Å²) in [7, 11) is 0. The zero-order valence-electron chi connectivity index (χ0n) is 19.6. The monoisotopic (exact) mass is 538 g/mol. The number of carbonyl (C=O) groups is 1. The van der Waals surface area contributed by atoms with Crippen LogP contribution in [0.25, 0.3) is 22.7 Å². The van der Waals surface area contributed by atoms with Gasteiger partial charge < -0.3 is 5.32 Å². The first-order valence-corrected chi connectivity index (χ1v) is 12.2. The van der Waals surface area contributed by atoms with Crippen LogP contribution in [0.1, 0.15) is 35.6 Å². The van der Waals surface area contributed by atoms with Crippen LogP contribution in [0.5, 0.6) is 0 Å². The normalized spacial score (nSPS) is 11.7. The Bertz CT molecular complexity index is 1570. The minimum Gasteiger partial charge on any atom is -0.340 e. The molecular weight excluding hydrogens is 519 g/mol. The molecule has 0 radical (unpaired) electrons. The first kappa shape index (κ1) is 24.3. The molecule has 7 nitrogen and oxygen atoms in total. The summed E-state index contributed by atoms with van der Waals surface area (Å²) < 4.78 is 3.47. The average Bonchev–Trinajstić information content (AvgIpc) is 3.42. The lowest BCUT2D eigenvalue weighted by Crippen LogP contribution is -2.41. The molecule has 0 bridgehead atoms. The van der Waals surface area contributed by atoms with Crippen molar-refractivity contribution < 1.29 is 4.79 Å². The Hall–Kier alpha value is -3.39. The van der Waals surface area contributed by atoms with Gasteiger partial charge in [0.2, 0.25) is 5.78 Å². The molecule has 3 heterocycles. The number of rotatable bonds is 5. The standard InChI is InChI=1S/C26H21Cl3N6O/c1-15-22(24(36)32-26(2,3)21-14-34-12-4-11-30-25(34)31-21)33-35(20-10-9-18(28)13-19(20)29)23(15)16-5-7-17(27)8-6-16/h4-14H,1-3H3,(H,32,36). The molecular formula is C26H21Cl3N6O. The van der Waals surface area contributed by atoms with E-state index in [0.717, 1.165) is 11.3 Å². The van der Waals surface area contributed by atoms with E-state index >= 15 is 0 Å². The maximum Gasteiger partial charge on any atom is 0.272 e. The van der Waals surface area contributed by atoms with E-state index in [2.05, 4.69) is 15.3 Å². The van der Waals surface area contributed by atoms with Gasteiger partial charge in [-0.2, -0.15) is 5.10 Å². The lowest BCUT2D eigenvalue weighted by molar-refractivity contribution is 0.0904. The third-order valence-electron chi connectivity index (χ3n) is 5.89. The van der Waals surface area contributed by atoms with Crippen molar-refractivity contribution in [3.8, 4) is 16.9 Å². The number of hydrogen-bond donors (Lipinski definition) is 1. The molecule has 36 heavy (non-hydrogen) atoms. The molecule has 10 heteroatoms. The van der Waals surface area contributed by atoms with Crippen molar-refractivity contribution in [1.82, 2.24) is 29.5 Å². The maximum absolute atomic E-state index is 13.6. The Labute approximate surface area is 222 Å². The van der Waals surface area contributed by atoms with Crippen molar-refractivity contribution in [2.45, 2.75) is 26.3 Å². The van der Waals surface area contributed by atoms with Crippen LogP contribution in [0.3, 0.4) is 0 Å². The number of imidazole rings is 1. The Balaban J connectivity index is 1.58. The van der Waals surface area contributed by atoms with Gasteiger partial charge in [-0.1, -0.05) is 46.9 Å². The molecule has 0 fully saturated rings. The molecule has 3 aromatic heterocycles. The van der Waals surface area contributed by atoms with Gasteiger partial charge in [0.15, 0.2) is 5.69 Å². The second-order valence-corrected chi connectivity index (χ2v) is 10.1. The Morgan fingerprint density at radius 1 is 1.03 bits per heavy atom. The van der Waals surface area contributed by atoms with E-state index in [9.17, 15) is 4.79 Å². The van der Waals surface area contributed by atoms with E-state index < -0.39 is 5.54 Å². The summed E-state index contributed by atoms with van der Waals surface area (Å²) >= 11 is 18.8. The number of benzene rings is 2. The molecule has 1 amide bonds. The molecule has 182 valence electrons. The number of amides is 1. The summed E-state index contributed by atoms with van der Waals surface area (Å²) in [6, 6.07) is 14.3. The average molecular weight is 540 g/mol. The van der Waals surface area contributed by atoms with Crippen molar-refractivity contribution in [3.63, 3.8) is 0 Å². The summed E-state index contributed by atoms with van der Waals surface area (Å²) in [4.78, 5) is 22.4. The van der Waals surface area contributed by atoms with Crippen LogP contribution >= 0.6 is 34.8 Å². The lowest BCUT2D eigenvalue weighted by atomic mass is 10.0. The van der Waals surface area contributed by atoms with Gasteiger partial charge in [-0.15, -0.1) is 0 Å². The third-order valence-corrected chi connectivity index (χ3v) is 6.68. The van der Waals surface area contributed by atoms with E-state index in [1.165, 1.54) is 0 Å². The minimum absolute atomic E-state index is 0.265. The van der Waals surface area contributed by atoms with Crippen LogP contribution in [0.15, 0.2) is 67.1 Å². The number of nitrogens with zero attached hydrogens (tertiary/aromatic N) is 5. The van der Waals surface area contributed by atoms with E-state index in [4.69, 9.17) is 39.9 Å². The molecule has 0 atom stereocenters. The topological polar surface area (TPSA) is 77.1 Å². The Kier molecular flexibility index (Phi) is 6.24. The number of carbonyl (C=O) groups excluding carboxylic acids is 1. The number of nitrogens with one attached hydrogen (secondary N) is 1. The molecule has 0 aliphatic rings. The third kappa shape index (κ3) is 4.46. The fraction of sp³-hybridized carbons (Fsp3) is 0.154. The second-order valence-electron chi connectivity index (χ2n) is 8.87. The molecule has 0 saturated carbocycles. The van der Waals surface area contributed by atoms with Gasteiger partial charge in [-0.3, -0.25) is 9.20 Å². The largest absolute Gasteiger partial charge is 0.340 e.